The van der Waals surface area contributed by atoms with E-state index in [9.17, 15) is 8.78 Å². The summed E-state index contributed by atoms with van der Waals surface area (Å²) in [5, 5.41) is 9.30. The molecule has 9 heteroatoms. The molecule has 1 N–H and O–H groups in total. The van der Waals surface area contributed by atoms with Crippen LogP contribution in [0.5, 0.6) is 11.5 Å². The second-order valence-electron chi connectivity index (χ2n) is 7.56. The van der Waals surface area contributed by atoms with Crippen LogP contribution in [-0.4, -0.2) is 39.5 Å². The van der Waals surface area contributed by atoms with Crippen LogP contribution in [-0.2, 0) is 6.54 Å². The van der Waals surface area contributed by atoms with Crippen molar-refractivity contribution in [1.82, 2.24) is 20.1 Å². The zero-order chi connectivity index (χ0) is 20.7. The average molecular weight is 433 g/mol. The number of piperidine rings is 1. The summed E-state index contributed by atoms with van der Waals surface area (Å²) in [6.07, 6.45) is -1.70. The number of H-pyrrole nitrogens is 1. The standard InChI is InChI=1S/C21H19ClF2N4O2/c22-16-4-2-14(3-5-16)19-25-20(27-26-19)15-7-9-28(10-8-15)12-13-1-6-17-18(11-13)30-21(23,24)29-17/h1-6,11,15H,7-10,12H2,(H,25,26,27). The second kappa shape index (κ2) is 7.52. The molecule has 6 nitrogen and oxygen atoms in total. The first-order valence-corrected chi connectivity index (χ1v) is 10.1. The lowest BCUT2D eigenvalue weighted by Crippen LogP contribution is -2.32. The van der Waals surface area contributed by atoms with Gasteiger partial charge in [0.25, 0.3) is 0 Å². The average Bonchev–Trinajstić information content (AvgIpc) is 3.32. The molecule has 0 saturated carbocycles. The number of hydrogen-bond donors (Lipinski definition) is 1. The van der Waals surface area contributed by atoms with E-state index < -0.39 is 6.29 Å². The predicted octanol–water partition coefficient (Wildman–Crippen LogP) is 4.83. The van der Waals surface area contributed by atoms with Gasteiger partial charge in [0.05, 0.1) is 0 Å². The number of aromatic amines is 1. The number of aromatic nitrogens is 3. The maximum absolute atomic E-state index is 13.2. The Balaban J connectivity index is 1.19. The van der Waals surface area contributed by atoms with E-state index in [-0.39, 0.29) is 11.5 Å². The van der Waals surface area contributed by atoms with Crippen molar-refractivity contribution in [3.05, 3.63) is 58.9 Å². The number of rotatable bonds is 4. The smallest absolute Gasteiger partial charge is 0.395 e. The van der Waals surface area contributed by atoms with E-state index in [1.165, 1.54) is 6.07 Å². The molecule has 3 heterocycles. The largest absolute Gasteiger partial charge is 0.586 e. The molecular formula is C21H19ClF2N4O2. The molecule has 0 bridgehead atoms. The van der Waals surface area contributed by atoms with Crippen LogP contribution in [0.25, 0.3) is 11.4 Å². The van der Waals surface area contributed by atoms with Gasteiger partial charge in [-0.1, -0.05) is 17.7 Å². The number of nitrogens with zero attached hydrogens (tertiary/aromatic N) is 3. The van der Waals surface area contributed by atoms with E-state index in [0.29, 0.717) is 17.5 Å². The first-order valence-electron chi connectivity index (χ1n) is 9.75. The lowest BCUT2D eigenvalue weighted by Gasteiger charge is -2.30. The summed E-state index contributed by atoms with van der Waals surface area (Å²) in [7, 11) is 0. The Bertz CT molecular complexity index is 1050. The SMILES string of the molecule is FC1(F)Oc2ccc(CN3CCC(c4nnc(-c5ccc(Cl)cc5)[nH]4)CC3)cc2O1. The Kier molecular flexibility index (Phi) is 4.83. The molecule has 0 unspecified atom stereocenters. The van der Waals surface area contributed by atoms with Crippen molar-refractivity contribution < 1.29 is 18.3 Å². The second-order valence-corrected chi connectivity index (χ2v) is 8.00. The Labute approximate surface area is 176 Å². The highest BCUT2D eigenvalue weighted by molar-refractivity contribution is 6.30. The van der Waals surface area contributed by atoms with E-state index >= 15 is 0 Å². The first-order chi connectivity index (χ1) is 14.4. The highest BCUT2D eigenvalue weighted by atomic mass is 35.5. The van der Waals surface area contributed by atoms with Gasteiger partial charge in [-0.05, 0) is 67.9 Å². The van der Waals surface area contributed by atoms with Gasteiger partial charge in [0, 0.05) is 23.0 Å². The minimum absolute atomic E-state index is 0.0734. The summed E-state index contributed by atoms with van der Waals surface area (Å²) in [6.45, 7) is 2.43. The van der Waals surface area contributed by atoms with Gasteiger partial charge in [-0.3, -0.25) is 4.90 Å². The number of fused-ring (bicyclic) bond motifs is 1. The van der Waals surface area contributed by atoms with Crippen LogP contribution in [0.4, 0.5) is 8.78 Å². The maximum atomic E-state index is 13.2. The van der Waals surface area contributed by atoms with E-state index in [1.54, 1.807) is 12.1 Å². The molecule has 2 aromatic carbocycles. The van der Waals surface area contributed by atoms with Gasteiger partial charge < -0.3 is 14.5 Å². The third-order valence-electron chi connectivity index (χ3n) is 5.47. The lowest BCUT2D eigenvalue weighted by atomic mass is 9.96. The van der Waals surface area contributed by atoms with Gasteiger partial charge in [-0.2, -0.15) is 0 Å². The normalized spacial score (nSPS) is 18.6. The monoisotopic (exact) mass is 432 g/mol. The van der Waals surface area contributed by atoms with Gasteiger partial charge >= 0.3 is 6.29 Å². The van der Waals surface area contributed by atoms with Crippen molar-refractivity contribution in [2.75, 3.05) is 13.1 Å². The molecular weight excluding hydrogens is 414 g/mol. The maximum Gasteiger partial charge on any atom is 0.586 e. The number of nitrogens with one attached hydrogen (secondary N) is 1. The molecule has 0 aliphatic carbocycles. The molecule has 2 aliphatic heterocycles. The highest BCUT2D eigenvalue weighted by Gasteiger charge is 2.43. The van der Waals surface area contributed by atoms with Crippen LogP contribution in [0.15, 0.2) is 42.5 Å². The number of likely N-dealkylation sites (tertiary alicyclic amines) is 1. The Hall–Kier alpha value is -2.71. The van der Waals surface area contributed by atoms with Crippen molar-refractivity contribution >= 4 is 11.6 Å². The first kappa shape index (κ1) is 19.3. The zero-order valence-electron chi connectivity index (χ0n) is 15.9. The van der Waals surface area contributed by atoms with Gasteiger partial charge in [0.15, 0.2) is 17.3 Å². The van der Waals surface area contributed by atoms with Crippen molar-refractivity contribution in [2.24, 2.45) is 0 Å². The van der Waals surface area contributed by atoms with Gasteiger partial charge in [-0.15, -0.1) is 19.0 Å². The highest BCUT2D eigenvalue weighted by Crippen LogP contribution is 2.41. The topological polar surface area (TPSA) is 63.3 Å². The number of halogens is 3. The zero-order valence-corrected chi connectivity index (χ0v) is 16.7. The number of hydrogen-bond acceptors (Lipinski definition) is 5. The molecule has 3 aromatic rings. The van der Waals surface area contributed by atoms with Crippen LogP contribution in [0.2, 0.25) is 5.02 Å². The van der Waals surface area contributed by atoms with Crippen LogP contribution >= 0.6 is 11.6 Å². The summed E-state index contributed by atoms with van der Waals surface area (Å²) in [6, 6.07) is 12.4. The van der Waals surface area contributed by atoms with Crippen molar-refractivity contribution in [3.8, 4) is 22.9 Å². The minimum atomic E-state index is -3.58. The summed E-state index contributed by atoms with van der Waals surface area (Å²) >= 11 is 5.94. The molecule has 0 spiro atoms. The van der Waals surface area contributed by atoms with Crippen molar-refractivity contribution in [1.29, 1.82) is 0 Å². The van der Waals surface area contributed by atoms with Crippen molar-refractivity contribution in [2.45, 2.75) is 31.6 Å². The van der Waals surface area contributed by atoms with E-state index in [4.69, 9.17) is 11.6 Å². The molecule has 0 radical (unpaired) electrons. The van der Waals surface area contributed by atoms with Crippen LogP contribution < -0.4 is 9.47 Å². The third kappa shape index (κ3) is 3.97. The molecule has 0 amide bonds. The van der Waals surface area contributed by atoms with Crippen LogP contribution in [0.3, 0.4) is 0 Å². The predicted molar refractivity (Wildman–Crippen MR) is 107 cm³/mol. The molecule has 30 heavy (non-hydrogen) atoms. The van der Waals surface area contributed by atoms with Gasteiger partial charge in [-0.25, -0.2) is 0 Å². The molecule has 5 rings (SSSR count). The fraction of sp³-hybridized carbons (Fsp3) is 0.333. The summed E-state index contributed by atoms with van der Waals surface area (Å²) in [4.78, 5) is 5.63. The van der Waals surface area contributed by atoms with Crippen molar-refractivity contribution in [3.63, 3.8) is 0 Å². The molecule has 1 aromatic heterocycles. The number of benzene rings is 2. The lowest BCUT2D eigenvalue weighted by molar-refractivity contribution is -0.286. The molecule has 156 valence electrons. The number of alkyl halides is 2. The summed E-state index contributed by atoms with van der Waals surface area (Å²) in [5.41, 5.74) is 1.86. The van der Waals surface area contributed by atoms with Crippen LogP contribution in [0.1, 0.15) is 30.1 Å². The fourth-order valence-electron chi connectivity index (χ4n) is 3.91. The minimum Gasteiger partial charge on any atom is -0.395 e. The molecule has 1 saturated heterocycles. The quantitative estimate of drug-likeness (QED) is 0.640. The van der Waals surface area contributed by atoms with Crippen LogP contribution in [0, 0.1) is 0 Å². The summed E-state index contributed by atoms with van der Waals surface area (Å²) in [5.74, 6) is 2.10. The number of ether oxygens (including phenoxy) is 2. The van der Waals surface area contributed by atoms with Gasteiger partial charge in [0.1, 0.15) is 5.82 Å². The van der Waals surface area contributed by atoms with E-state index in [1.807, 2.05) is 24.3 Å². The Morgan fingerprint density at radius 3 is 2.53 bits per heavy atom. The third-order valence-corrected chi connectivity index (χ3v) is 5.72. The molecule has 2 aliphatic rings. The Morgan fingerprint density at radius 2 is 1.77 bits per heavy atom. The van der Waals surface area contributed by atoms with Gasteiger partial charge in [0.2, 0.25) is 0 Å². The molecule has 1 fully saturated rings. The fourth-order valence-corrected chi connectivity index (χ4v) is 4.04. The van der Waals surface area contributed by atoms with E-state index in [2.05, 4.69) is 29.6 Å². The van der Waals surface area contributed by atoms with E-state index in [0.717, 1.165) is 48.7 Å². The Morgan fingerprint density at radius 1 is 1.03 bits per heavy atom. The summed E-state index contributed by atoms with van der Waals surface area (Å²) < 4.78 is 35.4. The molecule has 0 atom stereocenters.